The number of nitrogens with zero attached hydrogens (tertiary/aromatic N) is 4. The van der Waals surface area contributed by atoms with Crippen molar-refractivity contribution in [1.29, 1.82) is 0 Å². The number of imidazole rings is 1. The fourth-order valence-corrected chi connectivity index (χ4v) is 3.37. The zero-order chi connectivity index (χ0) is 18.2. The number of halogens is 1. The normalized spacial score (nSPS) is 15.6. The molecule has 0 atom stereocenters. The molecule has 3 rings (SSSR count). The van der Waals surface area contributed by atoms with Crippen molar-refractivity contribution >= 4 is 35.6 Å². The van der Waals surface area contributed by atoms with E-state index in [0.29, 0.717) is 0 Å². The minimum Gasteiger partial charge on any atom is -0.381 e. The highest BCUT2D eigenvalue weighted by atomic mass is 127. The van der Waals surface area contributed by atoms with Gasteiger partial charge in [0.15, 0.2) is 5.96 Å². The van der Waals surface area contributed by atoms with Crippen molar-refractivity contribution in [3.05, 3.63) is 36.3 Å². The molecule has 1 saturated heterocycles. The number of pyridine rings is 1. The van der Waals surface area contributed by atoms with E-state index in [-0.39, 0.29) is 24.0 Å². The van der Waals surface area contributed by atoms with Crippen LogP contribution in [0.1, 0.15) is 31.9 Å². The molecule has 0 aromatic carbocycles. The van der Waals surface area contributed by atoms with Crippen molar-refractivity contribution in [3.8, 4) is 0 Å². The van der Waals surface area contributed by atoms with Crippen molar-refractivity contribution in [2.24, 2.45) is 10.9 Å². The number of fused-ring (bicyclic) bond motifs is 1. The summed E-state index contributed by atoms with van der Waals surface area (Å²) in [6.07, 6.45) is 8.56. The SMILES string of the molecule is CCNC(=NCCc1cn2ccccc2n1)N(C)CCC1CCOCC1.I. The molecule has 6 nitrogen and oxygen atoms in total. The summed E-state index contributed by atoms with van der Waals surface area (Å²) < 4.78 is 7.51. The molecule has 0 spiro atoms. The summed E-state index contributed by atoms with van der Waals surface area (Å²) >= 11 is 0. The Morgan fingerprint density at radius 1 is 1.37 bits per heavy atom. The van der Waals surface area contributed by atoms with Gasteiger partial charge in [-0.25, -0.2) is 4.98 Å². The standard InChI is InChI=1S/C20H31N5O.HI/c1-3-21-20(24(2)13-8-17-9-14-26-15-10-17)22-11-7-18-16-25-12-5-4-6-19(25)23-18;/h4-6,12,16-17H,3,7-11,13-15H2,1-2H3,(H,21,22);1H. The van der Waals surface area contributed by atoms with Crippen LogP contribution in [0.15, 0.2) is 35.6 Å². The highest BCUT2D eigenvalue weighted by Crippen LogP contribution is 2.18. The van der Waals surface area contributed by atoms with Gasteiger partial charge in [0.1, 0.15) is 5.65 Å². The molecule has 27 heavy (non-hydrogen) atoms. The number of guanidine groups is 1. The molecule has 7 heteroatoms. The van der Waals surface area contributed by atoms with Crippen LogP contribution in [0, 0.1) is 5.92 Å². The van der Waals surface area contributed by atoms with E-state index in [1.165, 1.54) is 19.3 Å². The summed E-state index contributed by atoms with van der Waals surface area (Å²) in [5, 5.41) is 3.41. The van der Waals surface area contributed by atoms with Crippen molar-refractivity contribution in [1.82, 2.24) is 19.6 Å². The van der Waals surface area contributed by atoms with Crippen LogP contribution in [0.4, 0.5) is 0 Å². The Balaban J connectivity index is 0.00000261. The molecule has 0 unspecified atom stereocenters. The number of aliphatic imine (C=N–C) groups is 1. The Morgan fingerprint density at radius 3 is 2.93 bits per heavy atom. The van der Waals surface area contributed by atoms with E-state index >= 15 is 0 Å². The van der Waals surface area contributed by atoms with Crippen LogP contribution in [0.2, 0.25) is 0 Å². The van der Waals surface area contributed by atoms with E-state index in [1.54, 1.807) is 0 Å². The molecule has 2 aromatic heterocycles. The van der Waals surface area contributed by atoms with Crippen LogP contribution in [0.5, 0.6) is 0 Å². The molecule has 3 heterocycles. The van der Waals surface area contributed by atoms with Gasteiger partial charge in [-0.3, -0.25) is 4.99 Å². The minimum atomic E-state index is 0. The van der Waals surface area contributed by atoms with E-state index in [9.17, 15) is 0 Å². The average Bonchev–Trinajstić information content (AvgIpc) is 3.09. The molecule has 1 fully saturated rings. The van der Waals surface area contributed by atoms with Gasteiger partial charge >= 0.3 is 0 Å². The first-order chi connectivity index (χ1) is 12.8. The van der Waals surface area contributed by atoms with E-state index in [4.69, 9.17) is 9.73 Å². The fourth-order valence-electron chi connectivity index (χ4n) is 3.37. The van der Waals surface area contributed by atoms with Gasteiger partial charge in [-0.05, 0) is 44.2 Å². The first-order valence-electron chi connectivity index (χ1n) is 9.76. The molecule has 0 bridgehead atoms. The third kappa shape index (κ3) is 6.64. The third-order valence-electron chi connectivity index (χ3n) is 4.95. The molecule has 2 aromatic rings. The Kier molecular flexibility index (Phi) is 9.33. The van der Waals surface area contributed by atoms with Gasteiger partial charge in [0, 0.05) is 58.7 Å². The van der Waals surface area contributed by atoms with E-state index in [0.717, 1.165) is 62.5 Å². The topological polar surface area (TPSA) is 54.2 Å². The third-order valence-corrected chi connectivity index (χ3v) is 4.95. The largest absolute Gasteiger partial charge is 0.381 e. The number of rotatable bonds is 7. The quantitative estimate of drug-likeness (QED) is 0.372. The lowest BCUT2D eigenvalue weighted by Gasteiger charge is -2.26. The highest BCUT2D eigenvalue weighted by Gasteiger charge is 2.15. The number of aromatic nitrogens is 2. The lowest BCUT2D eigenvalue weighted by molar-refractivity contribution is 0.0625. The first-order valence-corrected chi connectivity index (χ1v) is 9.76. The summed E-state index contributed by atoms with van der Waals surface area (Å²) in [6, 6.07) is 6.06. The lowest BCUT2D eigenvalue weighted by atomic mass is 9.96. The van der Waals surface area contributed by atoms with Crippen molar-refractivity contribution in [2.45, 2.75) is 32.6 Å². The van der Waals surface area contributed by atoms with Crippen molar-refractivity contribution in [3.63, 3.8) is 0 Å². The predicted molar refractivity (Wildman–Crippen MR) is 121 cm³/mol. The smallest absolute Gasteiger partial charge is 0.193 e. The number of nitrogens with one attached hydrogen (secondary N) is 1. The second-order valence-electron chi connectivity index (χ2n) is 6.95. The van der Waals surface area contributed by atoms with E-state index < -0.39 is 0 Å². The monoisotopic (exact) mass is 485 g/mol. The van der Waals surface area contributed by atoms with Gasteiger partial charge in [-0.2, -0.15) is 0 Å². The Bertz CT molecular complexity index is 678. The first kappa shape index (κ1) is 21.9. The molecule has 0 radical (unpaired) electrons. The van der Waals surface area contributed by atoms with E-state index in [1.807, 2.05) is 24.4 Å². The van der Waals surface area contributed by atoms with Gasteiger partial charge in [-0.1, -0.05) is 6.07 Å². The molecule has 1 aliphatic heterocycles. The van der Waals surface area contributed by atoms with Crippen LogP contribution in [0.25, 0.3) is 5.65 Å². The molecule has 0 saturated carbocycles. The van der Waals surface area contributed by atoms with Crippen LogP contribution in [-0.4, -0.2) is 60.1 Å². The zero-order valence-electron chi connectivity index (χ0n) is 16.4. The average molecular weight is 485 g/mol. The minimum absolute atomic E-state index is 0. The summed E-state index contributed by atoms with van der Waals surface area (Å²) in [5.74, 6) is 1.77. The fraction of sp³-hybridized carbons (Fsp3) is 0.600. The molecule has 1 N–H and O–H groups in total. The maximum Gasteiger partial charge on any atom is 0.193 e. The van der Waals surface area contributed by atoms with Crippen LogP contribution in [0.3, 0.4) is 0 Å². The summed E-state index contributed by atoms with van der Waals surface area (Å²) in [7, 11) is 2.13. The van der Waals surface area contributed by atoms with Crippen LogP contribution < -0.4 is 5.32 Å². The number of ether oxygens (including phenoxy) is 1. The second kappa shape index (κ2) is 11.5. The molecule has 0 aliphatic carbocycles. The van der Waals surface area contributed by atoms with Crippen molar-refractivity contribution in [2.75, 3.05) is 39.9 Å². The van der Waals surface area contributed by atoms with Crippen LogP contribution in [-0.2, 0) is 11.2 Å². The summed E-state index contributed by atoms with van der Waals surface area (Å²) in [6.45, 7) is 6.61. The Labute approximate surface area is 179 Å². The molecular weight excluding hydrogens is 453 g/mol. The van der Waals surface area contributed by atoms with Gasteiger partial charge < -0.3 is 19.4 Å². The maximum absolute atomic E-state index is 5.45. The summed E-state index contributed by atoms with van der Waals surface area (Å²) in [4.78, 5) is 11.7. The predicted octanol–water partition coefficient (Wildman–Crippen LogP) is 3.21. The van der Waals surface area contributed by atoms with Crippen molar-refractivity contribution < 1.29 is 4.74 Å². The zero-order valence-corrected chi connectivity index (χ0v) is 18.8. The van der Waals surface area contributed by atoms with Gasteiger partial charge in [-0.15, -0.1) is 24.0 Å². The van der Waals surface area contributed by atoms with E-state index in [2.05, 4.69) is 39.8 Å². The molecule has 1 aliphatic rings. The lowest BCUT2D eigenvalue weighted by Crippen LogP contribution is -2.40. The number of hydrogen-bond donors (Lipinski definition) is 1. The second-order valence-corrected chi connectivity index (χ2v) is 6.95. The molecule has 0 amide bonds. The number of hydrogen-bond acceptors (Lipinski definition) is 3. The molecular formula is C20H32IN5O. The van der Waals surface area contributed by atoms with Gasteiger partial charge in [0.05, 0.1) is 5.69 Å². The van der Waals surface area contributed by atoms with Crippen LogP contribution >= 0.6 is 24.0 Å². The summed E-state index contributed by atoms with van der Waals surface area (Å²) in [5.41, 5.74) is 2.08. The molecule has 150 valence electrons. The van der Waals surface area contributed by atoms with Gasteiger partial charge in [0.25, 0.3) is 0 Å². The maximum atomic E-state index is 5.45. The highest BCUT2D eigenvalue weighted by molar-refractivity contribution is 14.0. The Morgan fingerprint density at radius 2 is 2.19 bits per heavy atom. The van der Waals surface area contributed by atoms with Gasteiger partial charge in [0.2, 0.25) is 0 Å². The Hall–Kier alpha value is -1.35.